The normalized spacial score (nSPS) is 23.4. The van der Waals surface area contributed by atoms with Crippen LogP contribution in [0.4, 0.5) is 4.39 Å². The quantitative estimate of drug-likeness (QED) is 0.649. The molecule has 0 spiro atoms. The molecule has 1 aromatic rings. The van der Waals surface area contributed by atoms with E-state index in [-0.39, 0.29) is 12.1 Å². The zero-order valence-electron chi connectivity index (χ0n) is 8.07. The third-order valence-electron chi connectivity index (χ3n) is 2.89. The number of halogens is 1. The van der Waals surface area contributed by atoms with Gasteiger partial charge in [-0.15, -0.1) is 0 Å². The molecule has 1 atom stereocenters. The molecule has 78 valence electrons. The SMILES string of the molecule is O=C1c2cc(F)ccc2OC2CCCN12. The number of benzene rings is 1. The molecule has 0 saturated carbocycles. The van der Waals surface area contributed by atoms with Crippen molar-refractivity contribution in [3.05, 3.63) is 29.6 Å². The first-order chi connectivity index (χ1) is 7.25. The van der Waals surface area contributed by atoms with Gasteiger partial charge in [0.25, 0.3) is 5.91 Å². The maximum atomic E-state index is 13.0. The highest BCUT2D eigenvalue weighted by molar-refractivity contribution is 5.98. The summed E-state index contributed by atoms with van der Waals surface area (Å²) in [4.78, 5) is 13.6. The molecule has 15 heavy (non-hydrogen) atoms. The largest absolute Gasteiger partial charge is 0.470 e. The van der Waals surface area contributed by atoms with Crippen LogP contribution in [0.3, 0.4) is 0 Å². The first-order valence-electron chi connectivity index (χ1n) is 5.03. The van der Waals surface area contributed by atoms with Crippen LogP contribution >= 0.6 is 0 Å². The van der Waals surface area contributed by atoms with Gasteiger partial charge in [0.15, 0.2) is 6.23 Å². The smallest absolute Gasteiger partial charge is 0.260 e. The minimum absolute atomic E-state index is 0.113. The van der Waals surface area contributed by atoms with E-state index in [2.05, 4.69) is 0 Å². The maximum absolute atomic E-state index is 13.0. The van der Waals surface area contributed by atoms with Crippen molar-refractivity contribution in [1.29, 1.82) is 0 Å². The summed E-state index contributed by atoms with van der Waals surface area (Å²) in [6.45, 7) is 0.708. The second kappa shape index (κ2) is 2.95. The zero-order chi connectivity index (χ0) is 10.4. The van der Waals surface area contributed by atoms with E-state index >= 15 is 0 Å². The van der Waals surface area contributed by atoms with Gasteiger partial charge in [0.2, 0.25) is 0 Å². The van der Waals surface area contributed by atoms with Gasteiger partial charge < -0.3 is 9.64 Å². The van der Waals surface area contributed by atoms with Crippen molar-refractivity contribution in [3.8, 4) is 5.75 Å². The average Bonchev–Trinajstić information content (AvgIpc) is 2.68. The maximum Gasteiger partial charge on any atom is 0.260 e. The summed E-state index contributed by atoms with van der Waals surface area (Å²) in [6.07, 6.45) is 1.67. The Labute approximate surface area is 86.4 Å². The number of rotatable bonds is 0. The van der Waals surface area contributed by atoms with E-state index < -0.39 is 5.82 Å². The van der Waals surface area contributed by atoms with Gasteiger partial charge in [-0.2, -0.15) is 0 Å². The zero-order valence-corrected chi connectivity index (χ0v) is 8.07. The van der Waals surface area contributed by atoms with Crippen LogP contribution in [-0.2, 0) is 0 Å². The van der Waals surface area contributed by atoms with E-state index in [1.165, 1.54) is 18.2 Å². The Bertz CT molecular complexity index is 433. The molecule has 3 rings (SSSR count). The Hall–Kier alpha value is -1.58. The second-order valence-electron chi connectivity index (χ2n) is 3.85. The van der Waals surface area contributed by atoms with Gasteiger partial charge in [0.05, 0.1) is 5.56 Å². The summed E-state index contributed by atoms with van der Waals surface area (Å²) in [6, 6.07) is 4.08. The number of hydrogen-bond acceptors (Lipinski definition) is 2. The summed E-state index contributed by atoms with van der Waals surface area (Å²) in [7, 11) is 0. The first kappa shape index (κ1) is 8.71. The van der Waals surface area contributed by atoms with E-state index in [0.29, 0.717) is 17.9 Å². The Morgan fingerprint density at radius 1 is 1.47 bits per heavy atom. The fourth-order valence-electron chi connectivity index (χ4n) is 2.16. The topological polar surface area (TPSA) is 29.5 Å². The van der Waals surface area contributed by atoms with E-state index in [0.717, 1.165) is 12.8 Å². The van der Waals surface area contributed by atoms with Crippen molar-refractivity contribution < 1.29 is 13.9 Å². The number of amides is 1. The molecular formula is C11H10FNO2. The van der Waals surface area contributed by atoms with Gasteiger partial charge in [-0.1, -0.05) is 0 Å². The molecule has 0 aliphatic carbocycles. The van der Waals surface area contributed by atoms with Gasteiger partial charge in [-0.25, -0.2) is 4.39 Å². The Balaban J connectivity index is 2.09. The molecular weight excluding hydrogens is 197 g/mol. The monoisotopic (exact) mass is 207 g/mol. The Kier molecular flexibility index (Phi) is 1.71. The van der Waals surface area contributed by atoms with Gasteiger partial charge in [0.1, 0.15) is 11.6 Å². The summed E-state index contributed by atoms with van der Waals surface area (Å²) in [5.41, 5.74) is 0.341. The number of fused-ring (bicyclic) bond motifs is 2. The molecule has 2 aliphatic heterocycles. The van der Waals surface area contributed by atoms with Crippen LogP contribution in [0.25, 0.3) is 0 Å². The predicted molar refractivity (Wildman–Crippen MR) is 51.1 cm³/mol. The van der Waals surface area contributed by atoms with Crippen molar-refractivity contribution in [3.63, 3.8) is 0 Å². The number of carbonyl (C=O) groups excluding carboxylic acids is 1. The van der Waals surface area contributed by atoms with E-state index in [1.54, 1.807) is 4.90 Å². The van der Waals surface area contributed by atoms with Gasteiger partial charge in [-0.05, 0) is 24.6 Å². The molecule has 1 unspecified atom stereocenters. The number of nitrogens with zero attached hydrogens (tertiary/aromatic N) is 1. The van der Waals surface area contributed by atoms with Gasteiger partial charge in [-0.3, -0.25) is 4.79 Å². The summed E-state index contributed by atoms with van der Waals surface area (Å²) in [5.74, 6) is -0.00820. The van der Waals surface area contributed by atoms with E-state index in [1.807, 2.05) is 0 Å². The highest BCUT2D eigenvalue weighted by Crippen LogP contribution is 2.32. The number of hydrogen-bond donors (Lipinski definition) is 0. The summed E-state index contributed by atoms with van der Waals surface area (Å²) >= 11 is 0. The molecule has 0 aromatic heterocycles. The lowest BCUT2D eigenvalue weighted by molar-refractivity contribution is 0.0293. The molecule has 1 aromatic carbocycles. The summed E-state index contributed by atoms with van der Waals surface area (Å²) in [5, 5.41) is 0. The lowest BCUT2D eigenvalue weighted by Gasteiger charge is -2.31. The van der Waals surface area contributed by atoms with Crippen LogP contribution in [0.2, 0.25) is 0 Å². The minimum atomic E-state index is -0.400. The molecule has 3 nitrogen and oxygen atoms in total. The van der Waals surface area contributed by atoms with Crippen molar-refractivity contribution >= 4 is 5.91 Å². The predicted octanol–water partition coefficient (Wildman–Crippen LogP) is 1.78. The average molecular weight is 207 g/mol. The lowest BCUT2D eigenvalue weighted by atomic mass is 10.1. The molecule has 2 aliphatic rings. The minimum Gasteiger partial charge on any atom is -0.470 e. The van der Waals surface area contributed by atoms with Crippen molar-refractivity contribution in [2.24, 2.45) is 0 Å². The fourth-order valence-corrected chi connectivity index (χ4v) is 2.16. The molecule has 4 heteroatoms. The molecule has 0 radical (unpaired) electrons. The Morgan fingerprint density at radius 2 is 2.33 bits per heavy atom. The van der Waals surface area contributed by atoms with Crippen LogP contribution in [0.15, 0.2) is 18.2 Å². The second-order valence-corrected chi connectivity index (χ2v) is 3.85. The molecule has 1 saturated heterocycles. The van der Waals surface area contributed by atoms with Crippen LogP contribution in [-0.4, -0.2) is 23.6 Å². The standard InChI is InChI=1S/C11H10FNO2/c12-7-3-4-9-8(6-7)11(14)13-5-1-2-10(13)15-9/h3-4,6,10H,1-2,5H2. The lowest BCUT2D eigenvalue weighted by Crippen LogP contribution is -2.42. The van der Waals surface area contributed by atoms with Crippen LogP contribution in [0.1, 0.15) is 23.2 Å². The van der Waals surface area contributed by atoms with E-state index in [4.69, 9.17) is 4.74 Å². The highest BCUT2D eigenvalue weighted by atomic mass is 19.1. The summed E-state index contributed by atoms with van der Waals surface area (Å²) < 4.78 is 18.6. The van der Waals surface area contributed by atoms with Gasteiger partial charge >= 0.3 is 0 Å². The molecule has 2 heterocycles. The third-order valence-corrected chi connectivity index (χ3v) is 2.89. The first-order valence-corrected chi connectivity index (χ1v) is 5.03. The number of ether oxygens (including phenoxy) is 1. The molecule has 1 fully saturated rings. The van der Waals surface area contributed by atoms with Gasteiger partial charge in [0, 0.05) is 13.0 Å². The van der Waals surface area contributed by atoms with Crippen molar-refractivity contribution in [2.45, 2.75) is 19.1 Å². The highest BCUT2D eigenvalue weighted by Gasteiger charge is 2.36. The third kappa shape index (κ3) is 1.21. The molecule has 0 N–H and O–H groups in total. The van der Waals surface area contributed by atoms with Crippen LogP contribution in [0.5, 0.6) is 5.75 Å². The number of carbonyl (C=O) groups is 1. The van der Waals surface area contributed by atoms with Crippen molar-refractivity contribution in [2.75, 3.05) is 6.54 Å². The van der Waals surface area contributed by atoms with Crippen LogP contribution in [0, 0.1) is 5.82 Å². The Morgan fingerprint density at radius 3 is 3.20 bits per heavy atom. The molecule has 1 amide bonds. The fraction of sp³-hybridized carbons (Fsp3) is 0.364. The molecule has 0 bridgehead atoms. The van der Waals surface area contributed by atoms with E-state index in [9.17, 15) is 9.18 Å². The van der Waals surface area contributed by atoms with Crippen LogP contribution < -0.4 is 4.74 Å². The van der Waals surface area contributed by atoms with Crippen molar-refractivity contribution in [1.82, 2.24) is 4.90 Å².